The zero-order valence-electron chi connectivity index (χ0n) is 18.2. The van der Waals surface area contributed by atoms with Gasteiger partial charge in [-0.1, -0.05) is 6.07 Å². The van der Waals surface area contributed by atoms with E-state index in [1.807, 2.05) is 0 Å². The number of halogens is 3. The SMILES string of the molecule is Cc1nc2ncc(N(C)C(=O)c3cccc(-n4nc(C(F)(F)F)c5c4C(=O)CCC5)c3)cc2o1. The molecule has 0 fully saturated rings. The maximum Gasteiger partial charge on any atom is 0.435 e. The lowest BCUT2D eigenvalue weighted by molar-refractivity contribution is -0.142. The predicted molar refractivity (Wildman–Crippen MR) is 115 cm³/mol. The van der Waals surface area contributed by atoms with Crippen molar-refractivity contribution in [2.75, 3.05) is 11.9 Å². The number of oxazole rings is 1. The molecule has 4 aromatic rings. The first kappa shape index (κ1) is 21.8. The fourth-order valence-electron chi connectivity index (χ4n) is 4.11. The van der Waals surface area contributed by atoms with Gasteiger partial charge in [0, 0.05) is 37.6 Å². The Hall–Kier alpha value is -4.02. The number of anilines is 1. The first-order valence-electron chi connectivity index (χ1n) is 10.5. The molecule has 0 bridgehead atoms. The van der Waals surface area contributed by atoms with Crippen molar-refractivity contribution in [1.29, 1.82) is 0 Å². The van der Waals surface area contributed by atoms with Crippen LogP contribution in [0.3, 0.4) is 0 Å². The molecular weight excluding hydrogens is 451 g/mol. The van der Waals surface area contributed by atoms with E-state index in [1.54, 1.807) is 20.0 Å². The van der Waals surface area contributed by atoms with Crippen LogP contribution >= 0.6 is 0 Å². The topological polar surface area (TPSA) is 94.1 Å². The van der Waals surface area contributed by atoms with E-state index >= 15 is 0 Å². The van der Waals surface area contributed by atoms with Gasteiger partial charge in [-0.05, 0) is 31.0 Å². The van der Waals surface area contributed by atoms with Crippen LogP contribution in [-0.4, -0.2) is 38.5 Å². The van der Waals surface area contributed by atoms with E-state index in [4.69, 9.17) is 4.42 Å². The number of carbonyl (C=O) groups excluding carboxylic acids is 2. The second-order valence-electron chi connectivity index (χ2n) is 8.02. The highest BCUT2D eigenvalue weighted by atomic mass is 19.4. The summed E-state index contributed by atoms with van der Waals surface area (Å²) in [6.07, 6.45) is -2.61. The van der Waals surface area contributed by atoms with Gasteiger partial charge in [0.1, 0.15) is 5.69 Å². The van der Waals surface area contributed by atoms with Crippen LogP contribution in [0.1, 0.15) is 50.8 Å². The number of carbonyl (C=O) groups is 2. The summed E-state index contributed by atoms with van der Waals surface area (Å²) in [6.45, 7) is 1.69. The van der Waals surface area contributed by atoms with Crippen molar-refractivity contribution >= 4 is 28.6 Å². The van der Waals surface area contributed by atoms with Crippen molar-refractivity contribution in [3.8, 4) is 5.69 Å². The van der Waals surface area contributed by atoms with Crippen molar-refractivity contribution in [1.82, 2.24) is 19.7 Å². The van der Waals surface area contributed by atoms with Gasteiger partial charge >= 0.3 is 6.18 Å². The molecule has 174 valence electrons. The zero-order chi connectivity index (χ0) is 24.2. The number of pyridine rings is 1. The summed E-state index contributed by atoms with van der Waals surface area (Å²) in [5, 5.41) is 3.74. The molecule has 34 heavy (non-hydrogen) atoms. The molecule has 11 heteroatoms. The largest absolute Gasteiger partial charge is 0.439 e. The van der Waals surface area contributed by atoms with Crippen LogP contribution in [0.5, 0.6) is 0 Å². The Morgan fingerprint density at radius 3 is 2.76 bits per heavy atom. The Morgan fingerprint density at radius 2 is 2.00 bits per heavy atom. The van der Waals surface area contributed by atoms with Gasteiger partial charge in [-0.2, -0.15) is 23.3 Å². The standard InChI is InChI=1S/C23H18F3N5O3/c1-12-28-21-18(34-12)10-15(11-27-21)30(2)22(33)13-5-3-6-14(9-13)31-19-16(7-4-8-17(19)32)20(29-31)23(24,25)26/h3,5-6,9-11H,4,7-8H2,1-2H3. The minimum atomic E-state index is -4.69. The highest BCUT2D eigenvalue weighted by Crippen LogP contribution is 2.37. The summed E-state index contributed by atoms with van der Waals surface area (Å²) < 4.78 is 47.2. The minimum absolute atomic E-state index is 0.0770. The van der Waals surface area contributed by atoms with Crippen LogP contribution < -0.4 is 4.90 Å². The lowest BCUT2D eigenvalue weighted by Crippen LogP contribution is -2.26. The number of benzene rings is 1. The van der Waals surface area contributed by atoms with Gasteiger partial charge in [-0.25, -0.2) is 9.67 Å². The van der Waals surface area contributed by atoms with Crippen LogP contribution in [-0.2, 0) is 12.6 Å². The first-order valence-corrected chi connectivity index (χ1v) is 10.5. The van der Waals surface area contributed by atoms with Crippen molar-refractivity contribution in [2.45, 2.75) is 32.4 Å². The highest BCUT2D eigenvalue weighted by molar-refractivity contribution is 6.06. The second-order valence-corrected chi connectivity index (χ2v) is 8.02. The summed E-state index contributed by atoms with van der Waals surface area (Å²) in [7, 11) is 1.54. The summed E-state index contributed by atoms with van der Waals surface area (Å²) in [4.78, 5) is 35.3. The molecule has 3 aromatic heterocycles. The van der Waals surface area contributed by atoms with Crippen molar-refractivity contribution in [2.24, 2.45) is 0 Å². The molecule has 0 radical (unpaired) electrons. The normalized spacial score (nSPS) is 13.9. The summed E-state index contributed by atoms with van der Waals surface area (Å²) >= 11 is 0. The Bertz CT molecular complexity index is 1450. The average Bonchev–Trinajstić information content (AvgIpc) is 3.38. The number of alkyl halides is 3. The molecule has 1 aliphatic carbocycles. The predicted octanol–water partition coefficient (Wildman–Crippen LogP) is 4.53. The van der Waals surface area contributed by atoms with E-state index in [9.17, 15) is 22.8 Å². The van der Waals surface area contributed by atoms with E-state index < -0.39 is 23.6 Å². The highest BCUT2D eigenvalue weighted by Gasteiger charge is 2.41. The van der Waals surface area contributed by atoms with Crippen LogP contribution in [0.15, 0.2) is 40.9 Å². The smallest absolute Gasteiger partial charge is 0.435 e. The number of rotatable bonds is 3. The number of fused-ring (bicyclic) bond motifs is 2. The van der Waals surface area contributed by atoms with Crippen molar-refractivity contribution in [3.05, 3.63) is 64.9 Å². The molecule has 0 unspecified atom stereocenters. The van der Waals surface area contributed by atoms with Crippen LogP contribution in [0.2, 0.25) is 0 Å². The van der Waals surface area contributed by atoms with Gasteiger partial charge in [0.25, 0.3) is 5.91 Å². The molecule has 0 atom stereocenters. The monoisotopic (exact) mass is 469 g/mol. The number of aryl methyl sites for hydroxylation is 1. The number of nitrogens with zero attached hydrogens (tertiary/aromatic N) is 5. The fourth-order valence-corrected chi connectivity index (χ4v) is 4.11. The maximum atomic E-state index is 13.6. The summed E-state index contributed by atoms with van der Waals surface area (Å²) in [6, 6.07) is 7.62. The molecule has 0 saturated heterocycles. The Balaban J connectivity index is 1.53. The van der Waals surface area contributed by atoms with E-state index in [0.29, 0.717) is 29.2 Å². The van der Waals surface area contributed by atoms with E-state index in [-0.39, 0.29) is 35.3 Å². The third kappa shape index (κ3) is 3.62. The Kier molecular flexibility index (Phi) is 4.99. The van der Waals surface area contributed by atoms with E-state index in [2.05, 4.69) is 15.1 Å². The second kappa shape index (κ2) is 7.79. The number of hydrogen-bond acceptors (Lipinski definition) is 6. The minimum Gasteiger partial charge on any atom is -0.439 e. The number of ketones is 1. The molecule has 3 heterocycles. The van der Waals surface area contributed by atoms with Gasteiger partial charge in [0.15, 0.2) is 28.6 Å². The zero-order valence-corrected chi connectivity index (χ0v) is 18.2. The molecule has 1 aromatic carbocycles. The van der Waals surface area contributed by atoms with Gasteiger partial charge < -0.3 is 9.32 Å². The maximum absolute atomic E-state index is 13.6. The molecule has 0 N–H and O–H groups in total. The average molecular weight is 469 g/mol. The van der Waals surface area contributed by atoms with Crippen molar-refractivity contribution < 1.29 is 27.2 Å². The van der Waals surface area contributed by atoms with Crippen LogP contribution in [0, 0.1) is 6.92 Å². The number of hydrogen-bond donors (Lipinski definition) is 0. The summed E-state index contributed by atoms with van der Waals surface area (Å²) in [5.74, 6) is -0.390. The Labute approximate surface area is 191 Å². The van der Waals surface area contributed by atoms with Gasteiger partial charge in [-0.3, -0.25) is 9.59 Å². The van der Waals surface area contributed by atoms with Gasteiger partial charge in [-0.15, -0.1) is 0 Å². The number of aromatic nitrogens is 4. The van der Waals surface area contributed by atoms with Crippen molar-refractivity contribution in [3.63, 3.8) is 0 Å². The number of amides is 1. The Morgan fingerprint density at radius 1 is 1.21 bits per heavy atom. The first-order chi connectivity index (χ1) is 16.1. The molecule has 1 aliphatic rings. The van der Waals surface area contributed by atoms with Crippen LogP contribution in [0.4, 0.5) is 18.9 Å². The lowest BCUT2D eigenvalue weighted by Gasteiger charge is -2.18. The van der Waals surface area contributed by atoms with Gasteiger partial charge in [0.05, 0.1) is 17.6 Å². The quantitative estimate of drug-likeness (QED) is 0.438. The van der Waals surface area contributed by atoms with E-state index in [0.717, 1.165) is 4.68 Å². The molecule has 0 spiro atoms. The fraction of sp³-hybridized carbons (Fsp3) is 0.261. The van der Waals surface area contributed by atoms with Gasteiger partial charge in [0.2, 0.25) is 0 Å². The molecule has 0 aliphatic heterocycles. The summed E-state index contributed by atoms with van der Waals surface area (Å²) in [5.41, 5.74) is 0.445. The molecule has 5 rings (SSSR count). The molecular formula is C23H18F3N5O3. The van der Waals surface area contributed by atoms with E-state index in [1.165, 1.54) is 35.4 Å². The number of Topliss-reactive ketones (excluding diaryl/α,β-unsaturated/α-hetero) is 1. The van der Waals surface area contributed by atoms with Crippen LogP contribution in [0.25, 0.3) is 16.9 Å². The third-order valence-corrected chi connectivity index (χ3v) is 5.72. The third-order valence-electron chi connectivity index (χ3n) is 5.72. The molecule has 0 saturated carbocycles. The lowest BCUT2D eigenvalue weighted by atomic mass is 9.94. The molecule has 1 amide bonds. The molecule has 8 nitrogen and oxygen atoms in total.